The van der Waals surface area contributed by atoms with E-state index in [0.29, 0.717) is 18.0 Å². The molecule has 0 radical (unpaired) electrons. The maximum Gasteiger partial charge on any atom is 0.337 e. The van der Waals surface area contributed by atoms with E-state index in [4.69, 9.17) is 9.47 Å². The van der Waals surface area contributed by atoms with Gasteiger partial charge >= 0.3 is 5.97 Å². The molecule has 0 aliphatic rings. The Bertz CT molecular complexity index is 889. The predicted octanol–water partition coefficient (Wildman–Crippen LogP) is 4.57. The average molecular weight is 389 g/mol. The van der Waals surface area contributed by atoms with Crippen LogP contribution in [0.1, 0.15) is 23.7 Å². The second-order valence-corrected chi connectivity index (χ2v) is 6.21. The number of carbonyl (C=O) groups excluding carboxylic acids is 1. The lowest BCUT2D eigenvalue weighted by molar-refractivity contribution is 0.0601. The van der Waals surface area contributed by atoms with Crippen LogP contribution in [0, 0.1) is 0 Å². The summed E-state index contributed by atoms with van der Waals surface area (Å²) in [6.45, 7) is 2.70. The molecule has 6 heteroatoms. The van der Waals surface area contributed by atoms with Crippen molar-refractivity contribution >= 4 is 32.9 Å². The van der Waals surface area contributed by atoms with Gasteiger partial charge in [0.1, 0.15) is 11.6 Å². The van der Waals surface area contributed by atoms with Crippen molar-refractivity contribution in [2.45, 2.75) is 13.3 Å². The van der Waals surface area contributed by atoms with Crippen LogP contribution in [0.4, 0.5) is 0 Å². The van der Waals surface area contributed by atoms with Gasteiger partial charge in [0.25, 0.3) is 0 Å². The highest BCUT2D eigenvalue weighted by Crippen LogP contribution is 2.32. The molecule has 5 nitrogen and oxygen atoms in total. The van der Waals surface area contributed by atoms with E-state index >= 15 is 0 Å². The van der Waals surface area contributed by atoms with E-state index in [1.807, 2.05) is 18.2 Å². The molecule has 0 amide bonds. The Balaban J connectivity index is 2.06. The maximum absolute atomic E-state index is 11.7. The summed E-state index contributed by atoms with van der Waals surface area (Å²) in [4.78, 5) is 19.5. The third-order valence-corrected chi connectivity index (χ3v) is 4.05. The lowest BCUT2D eigenvalue weighted by atomic mass is 10.2. The number of ether oxygens (including phenoxy) is 2. The van der Waals surface area contributed by atoms with Gasteiger partial charge in [-0.05, 0) is 42.8 Å². The summed E-state index contributed by atoms with van der Waals surface area (Å²) in [7, 11) is 1.36. The van der Waals surface area contributed by atoms with Crippen LogP contribution in [-0.4, -0.2) is 29.7 Å². The molecule has 0 aliphatic carbocycles. The van der Waals surface area contributed by atoms with Crippen LogP contribution in [0.15, 0.2) is 40.9 Å². The second kappa shape index (κ2) is 7.05. The maximum atomic E-state index is 11.7. The van der Waals surface area contributed by atoms with Gasteiger partial charge in [0.15, 0.2) is 0 Å². The molecular formula is C18H17BrN2O3. The van der Waals surface area contributed by atoms with Crippen molar-refractivity contribution in [3.8, 4) is 17.1 Å². The summed E-state index contributed by atoms with van der Waals surface area (Å²) in [5.41, 5.74) is 2.90. The first kappa shape index (κ1) is 16.5. The highest BCUT2D eigenvalue weighted by atomic mass is 79.9. The number of halogens is 1. The number of H-pyrrole nitrogens is 1. The molecule has 0 bridgehead atoms. The summed E-state index contributed by atoms with van der Waals surface area (Å²) in [5.74, 6) is 1.09. The fourth-order valence-corrected chi connectivity index (χ4v) is 2.77. The standard InChI is InChI=1S/C18H17BrN2O3/c1-3-8-24-16-7-5-12(19)10-13(16)17-20-14-6-4-11(18(22)23-2)9-15(14)21-17/h4-7,9-10H,3,8H2,1-2H3,(H,20,21). The Hall–Kier alpha value is -2.34. The van der Waals surface area contributed by atoms with E-state index in [0.717, 1.165) is 33.2 Å². The molecule has 1 heterocycles. The van der Waals surface area contributed by atoms with Crippen LogP contribution in [0.5, 0.6) is 5.75 Å². The number of rotatable bonds is 5. The number of aromatic amines is 1. The summed E-state index contributed by atoms with van der Waals surface area (Å²) < 4.78 is 11.5. The number of hydrogen-bond acceptors (Lipinski definition) is 4. The molecule has 0 spiro atoms. The normalized spacial score (nSPS) is 10.8. The fraction of sp³-hybridized carbons (Fsp3) is 0.222. The number of esters is 1. The average Bonchev–Trinajstić information content (AvgIpc) is 3.02. The second-order valence-electron chi connectivity index (χ2n) is 5.30. The molecule has 0 unspecified atom stereocenters. The van der Waals surface area contributed by atoms with Crippen molar-refractivity contribution < 1.29 is 14.3 Å². The smallest absolute Gasteiger partial charge is 0.337 e. The molecule has 0 saturated heterocycles. The fourth-order valence-electron chi connectivity index (χ4n) is 2.41. The minimum absolute atomic E-state index is 0.373. The molecule has 0 aliphatic heterocycles. The number of hydrogen-bond donors (Lipinski definition) is 1. The van der Waals surface area contributed by atoms with Gasteiger partial charge in [0.2, 0.25) is 0 Å². The first-order chi connectivity index (χ1) is 11.6. The van der Waals surface area contributed by atoms with Crippen molar-refractivity contribution in [3.63, 3.8) is 0 Å². The SMILES string of the molecule is CCCOc1ccc(Br)cc1-c1nc2ccc(C(=O)OC)cc2[nH]1. The number of aromatic nitrogens is 2. The third-order valence-electron chi connectivity index (χ3n) is 3.56. The van der Waals surface area contributed by atoms with E-state index in [1.165, 1.54) is 7.11 Å². The quantitative estimate of drug-likeness (QED) is 0.650. The number of benzene rings is 2. The Morgan fingerprint density at radius 1 is 1.25 bits per heavy atom. The first-order valence-electron chi connectivity index (χ1n) is 7.63. The molecule has 1 N–H and O–H groups in total. The summed E-state index contributed by atoms with van der Waals surface area (Å²) >= 11 is 3.49. The van der Waals surface area contributed by atoms with Gasteiger partial charge < -0.3 is 14.5 Å². The largest absolute Gasteiger partial charge is 0.493 e. The minimum Gasteiger partial charge on any atom is -0.493 e. The Kier molecular flexibility index (Phi) is 4.85. The summed E-state index contributed by atoms with van der Waals surface area (Å²) in [6, 6.07) is 11.1. The van der Waals surface area contributed by atoms with E-state index < -0.39 is 0 Å². The molecule has 1 aromatic heterocycles. The van der Waals surface area contributed by atoms with Crippen molar-refractivity contribution in [1.29, 1.82) is 0 Å². The van der Waals surface area contributed by atoms with Crippen molar-refractivity contribution in [3.05, 3.63) is 46.4 Å². The zero-order chi connectivity index (χ0) is 17.1. The first-order valence-corrected chi connectivity index (χ1v) is 8.42. The van der Waals surface area contributed by atoms with E-state index in [9.17, 15) is 4.79 Å². The van der Waals surface area contributed by atoms with Gasteiger partial charge in [-0.2, -0.15) is 0 Å². The Morgan fingerprint density at radius 3 is 2.83 bits per heavy atom. The third kappa shape index (κ3) is 3.28. The number of nitrogens with zero attached hydrogens (tertiary/aromatic N) is 1. The topological polar surface area (TPSA) is 64.2 Å². The zero-order valence-electron chi connectivity index (χ0n) is 13.4. The van der Waals surface area contributed by atoms with Crippen molar-refractivity contribution in [2.75, 3.05) is 13.7 Å². The number of methoxy groups -OCH3 is 1. The number of imidazole rings is 1. The van der Waals surface area contributed by atoms with Gasteiger partial charge in [0, 0.05) is 4.47 Å². The van der Waals surface area contributed by atoms with Crippen LogP contribution in [0.2, 0.25) is 0 Å². The van der Waals surface area contributed by atoms with Gasteiger partial charge in [-0.15, -0.1) is 0 Å². The van der Waals surface area contributed by atoms with Gasteiger partial charge in [-0.1, -0.05) is 22.9 Å². The van der Waals surface area contributed by atoms with Crippen LogP contribution in [0.25, 0.3) is 22.4 Å². The summed E-state index contributed by atoms with van der Waals surface area (Å²) in [6.07, 6.45) is 0.929. The van der Waals surface area contributed by atoms with E-state index in [1.54, 1.807) is 18.2 Å². The van der Waals surface area contributed by atoms with E-state index in [-0.39, 0.29) is 5.97 Å². The number of carbonyl (C=O) groups is 1. The van der Waals surface area contributed by atoms with Crippen LogP contribution < -0.4 is 4.74 Å². The molecule has 3 rings (SSSR count). The highest BCUT2D eigenvalue weighted by Gasteiger charge is 2.13. The molecule has 2 aromatic carbocycles. The molecule has 0 atom stereocenters. The molecule has 24 heavy (non-hydrogen) atoms. The van der Waals surface area contributed by atoms with Gasteiger partial charge in [-0.3, -0.25) is 0 Å². The van der Waals surface area contributed by atoms with Gasteiger partial charge in [0.05, 0.1) is 35.9 Å². The monoisotopic (exact) mass is 388 g/mol. The van der Waals surface area contributed by atoms with E-state index in [2.05, 4.69) is 32.8 Å². The van der Waals surface area contributed by atoms with Crippen LogP contribution in [-0.2, 0) is 4.74 Å². The lowest BCUT2D eigenvalue weighted by Gasteiger charge is -2.09. The van der Waals surface area contributed by atoms with Crippen molar-refractivity contribution in [2.24, 2.45) is 0 Å². The lowest BCUT2D eigenvalue weighted by Crippen LogP contribution is -2.00. The molecule has 124 valence electrons. The Morgan fingerprint density at radius 2 is 2.08 bits per heavy atom. The van der Waals surface area contributed by atoms with Crippen molar-refractivity contribution in [1.82, 2.24) is 9.97 Å². The van der Waals surface area contributed by atoms with Crippen LogP contribution in [0.3, 0.4) is 0 Å². The van der Waals surface area contributed by atoms with Gasteiger partial charge in [-0.25, -0.2) is 9.78 Å². The molecule has 3 aromatic rings. The molecule has 0 fully saturated rings. The molecular weight excluding hydrogens is 372 g/mol. The predicted molar refractivity (Wildman–Crippen MR) is 96.4 cm³/mol. The zero-order valence-corrected chi connectivity index (χ0v) is 15.0. The Labute approximate surface area is 148 Å². The van der Waals surface area contributed by atoms with Crippen LogP contribution >= 0.6 is 15.9 Å². The minimum atomic E-state index is -0.373. The highest BCUT2D eigenvalue weighted by molar-refractivity contribution is 9.10. The summed E-state index contributed by atoms with van der Waals surface area (Å²) in [5, 5.41) is 0. The number of fused-ring (bicyclic) bond motifs is 1. The molecule has 0 saturated carbocycles. The number of nitrogens with one attached hydrogen (secondary N) is 1.